The Bertz CT molecular complexity index is 1700. The molecule has 0 heterocycles. The molecule has 0 aliphatic heterocycles. The van der Waals surface area contributed by atoms with Gasteiger partial charge >= 0.3 is 0 Å². The van der Waals surface area contributed by atoms with Crippen LogP contribution >= 0.6 is 0 Å². The van der Waals surface area contributed by atoms with Crippen molar-refractivity contribution >= 4 is 27.1 Å². The number of aryl methyl sites for hydroxylation is 1. The summed E-state index contributed by atoms with van der Waals surface area (Å²) >= 11 is 0. The molecule has 6 heteroatoms. The summed E-state index contributed by atoms with van der Waals surface area (Å²) in [7, 11) is -4.47. The molecular formula is C53H85N2O3S+. The quantitative estimate of drug-likeness (QED) is 0.0453. The van der Waals surface area contributed by atoms with E-state index in [0.29, 0.717) is 5.56 Å². The minimum Gasteiger partial charge on any atom is -0.371 e. The maximum absolute atomic E-state index is 12.9. The van der Waals surface area contributed by atoms with Gasteiger partial charge in [0, 0.05) is 48.8 Å². The monoisotopic (exact) mass is 830 g/mol. The van der Waals surface area contributed by atoms with Crippen molar-refractivity contribution in [2.75, 3.05) is 31.1 Å². The van der Waals surface area contributed by atoms with Gasteiger partial charge in [-0.25, -0.2) is 4.58 Å². The Balaban J connectivity index is 2.05. The summed E-state index contributed by atoms with van der Waals surface area (Å²) in [5.41, 5.74) is 8.21. The van der Waals surface area contributed by atoms with Gasteiger partial charge in [-0.15, -0.1) is 0 Å². The molecular weight excluding hydrogens is 745 g/mol. The third kappa shape index (κ3) is 18.3. The first-order chi connectivity index (χ1) is 28.7. The lowest BCUT2D eigenvalue weighted by atomic mass is 9.88. The van der Waals surface area contributed by atoms with Gasteiger partial charge in [-0.2, -0.15) is 8.42 Å². The number of hydrogen-bond donors (Lipinski definition) is 1. The van der Waals surface area contributed by atoms with Crippen LogP contribution in [0.1, 0.15) is 205 Å². The van der Waals surface area contributed by atoms with Crippen LogP contribution in [0.25, 0.3) is 5.57 Å². The first-order valence-electron chi connectivity index (χ1n) is 24.3. The molecule has 0 aromatic heterocycles. The standard InChI is InChI=1S/C53H84N2O3S/c1-7-11-15-19-23-29-39-54(40-30-24-20-16-12-8-2)50-37-35-47(43-45(50)5)53(49-33-27-28-34-52(49)59(56,57)58)48-36-38-51(46(6)44-48)55(41-31-25-21-17-13-9-3)42-32-26-22-18-14-10-4/h27-28,33-38,43-44H,7-26,29-32,39-42H2,1-6H3/p+1. The number of rotatable bonds is 32. The average Bonchev–Trinajstić information content (AvgIpc) is 3.22. The minimum atomic E-state index is -4.47. The summed E-state index contributed by atoms with van der Waals surface area (Å²) in [6.07, 6.45) is 37.4. The molecule has 2 aromatic rings. The summed E-state index contributed by atoms with van der Waals surface area (Å²) in [6, 6.07) is 13.6. The van der Waals surface area contributed by atoms with E-state index in [-0.39, 0.29) is 4.90 Å². The lowest BCUT2D eigenvalue weighted by Gasteiger charge is -2.28. The third-order valence-electron chi connectivity index (χ3n) is 12.2. The molecule has 0 bridgehead atoms. The number of anilines is 1. The summed E-state index contributed by atoms with van der Waals surface area (Å²) < 4.78 is 38.9. The van der Waals surface area contributed by atoms with Crippen LogP contribution in [0.15, 0.2) is 76.7 Å². The Kier molecular flexibility index (Phi) is 25.0. The Morgan fingerprint density at radius 3 is 1.54 bits per heavy atom. The molecule has 0 fully saturated rings. The highest BCUT2D eigenvalue weighted by Gasteiger charge is 2.24. The van der Waals surface area contributed by atoms with Gasteiger partial charge in [0.1, 0.15) is 18.0 Å². The number of benzene rings is 2. The molecule has 0 spiro atoms. The SMILES string of the molecule is CCCCCCCCN(CCCCCCCC)c1ccc(C(=C2C=CC(=[N+](CCCCCCCC)CCCCCCCC)C(C)=C2)c2ccccc2S(=O)(=O)O)cc1C. The van der Waals surface area contributed by atoms with Crippen molar-refractivity contribution in [3.8, 4) is 0 Å². The van der Waals surface area contributed by atoms with Crippen LogP contribution in [-0.4, -0.2) is 49.4 Å². The first kappa shape index (κ1) is 50.4. The summed E-state index contributed by atoms with van der Waals surface area (Å²) in [4.78, 5) is 2.55. The molecule has 0 unspecified atom stereocenters. The Morgan fingerprint density at radius 2 is 1.07 bits per heavy atom. The van der Waals surface area contributed by atoms with Crippen LogP contribution in [0.3, 0.4) is 0 Å². The van der Waals surface area contributed by atoms with Crippen molar-refractivity contribution < 1.29 is 17.5 Å². The fourth-order valence-corrected chi connectivity index (χ4v) is 9.44. The van der Waals surface area contributed by atoms with Crippen LogP contribution in [-0.2, 0) is 10.1 Å². The van der Waals surface area contributed by atoms with E-state index in [2.05, 4.69) is 87.4 Å². The second-order valence-corrected chi connectivity index (χ2v) is 18.8. The van der Waals surface area contributed by atoms with E-state index in [4.69, 9.17) is 0 Å². The number of allylic oxidation sites excluding steroid dienone is 5. The van der Waals surface area contributed by atoms with Crippen molar-refractivity contribution in [1.82, 2.24) is 0 Å². The maximum atomic E-state index is 12.9. The van der Waals surface area contributed by atoms with Crippen molar-refractivity contribution in [3.63, 3.8) is 0 Å². The van der Waals surface area contributed by atoms with E-state index in [1.54, 1.807) is 6.07 Å². The normalized spacial score (nSPS) is 13.9. The van der Waals surface area contributed by atoms with Crippen molar-refractivity contribution in [3.05, 3.63) is 88.5 Å². The van der Waals surface area contributed by atoms with Gasteiger partial charge in [-0.1, -0.05) is 168 Å². The van der Waals surface area contributed by atoms with Crippen LogP contribution in [0.4, 0.5) is 5.69 Å². The Hall–Kier alpha value is -2.96. The zero-order valence-corrected chi connectivity index (χ0v) is 39.5. The molecule has 1 aliphatic rings. The zero-order valence-electron chi connectivity index (χ0n) is 38.6. The Labute approximate surface area is 363 Å². The predicted octanol–water partition coefficient (Wildman–Crippen LogP) is 15.3. The van der Waals surface area contributed by atoms with Gasteiger partial charge in [-0.05, 0) is 92.2 Å². The fraction of sp³-hybridized carbons (Fsp3) is 0.642. The highest BCUT2D eigenvalue weighted by molar-refractivity contribution is 7.86. The first-order valence-corrected chi connectivity index (χ1v) is 25.8. The minimum absolute atomic E-state index is 0.0565. The molecule has 5 nitrogen and oxygen atoms in total. The molecule has 0 amide bonds. The third-order valence-corrected chi connectivity index (χ3v) is 13.1. The van der Waals surface area contributed by atoms with E-state index in [0.717, 1.165) is 42.9 Å². The summed E-state index contributed by atoms with van der Waals surface area (Å²) in [5.74, 6) is 0. The van der Waals surface area contributed by atoms with Gasteiger partial charge in [0.25, 0.3) is 10.1 Å². The average molecular weight is 830 g/mol. The second kappa shape index (κ2) is 29.3. The van der Waals surface area contributed by atoms with Crippen LogP contribution in [0, 0.1) is 6.92 Å². The molecule has 0 saturated carbocycles. The highest BCUT2D eigenvalue weighted by Crippen LogP contribution is 2.36. The molecule has 2 aromatic carbocycles. The summed E-state index contributed by atoms with van der Waals surface area (Å²) in [6.45, 7) is 17.7. The molecule has 0 radical (unpaired) electrons. The second-order valence-electron chi connectivity index (χ2n) is 17.4. The molecule has 1 aliphatic carbocycles. The van der Waals surface area contributed by atoms with Crippen LogP contribution < -0.4 is 4.90 Å². The van der Waals surface area contributed by atoms with Gasteiger partial charge in [-0.3, -0.25) is 4.55 Å². The van der Waals surface area contributed by atoms with Gasteiger partial charge in [0.05, 0.1) is 0 Å². The predicted molar refractivity (Wildman–Crippen MR) is 257 cm³/mol. The lowest BCUT2D eigenvalue weighted by molar-refractivity contribution is -0.528. The van der Waals surface area contributed by atoms with E-state index in [9.17, 15) is 13.0 Å². The maximum Gasteiger partial charge on any atom is 0.295 e. The van der Waals surface area contributed by atoms with Crippen molar-refractivity contribution in [1.29, 1.82) is 0 Å². The van der Waals surface area contributed by atoms with E-state index >= 15 is 0 Å². The van der Waals surface area contributed by atoms with Crippen molar-refractivity contribution in [2.45, 2.75) is 201 Å². The molecule has 3 rings (SSSR count). The zero-order chi connectivity index (χ0) is 42.7. The molecule has 0 saturated heterocycles. The fourth-order valence-electron chi connectivity index (χ4n) is 8.74. The van der Waals surface area contributed by atoms with E-state index < -0.39 is 10.1 Å². The number of hydrogen-bond acceptors (Lipinski definition) is 3. The van der Waals surface area contributed by atoms with Gasteiger partial charge in [0.2, 0.25) is 5.71 Å². The van der Waals surface area contributed by atoms with Gasteiger partial charge < -0.3 is 4.90 Å². The number of nitrogens with zero attached hydrogens (tertiary/aromatic N) is 2. The molecule has 0 atom stereocenters. The Morgan fingerprint density at radius 1 is 0.593 bits per heavy atom. The van der Waals surface area contributed by atoms with Crippen LogP contribution in [0.2, 0.25) is 0 Å². The topological polar surface area (TPSA) is 60.6 Å². The van der Waals surface area contributed by atoms with E-state index in [1.807, 2.05) is 12.1 Å². The molecule has 59 heavy (non-hydrogen) atoms. The number of unbranched alkanes of at least 4 members (excludes halogenated alkanes) is 20. The molecule has 330 valence electrons. The van der Waals surface area contributed by atoms with Crippen LogP contribution in [0.5, 0.6) is 0 Å². The smallest absolute Gasteiger partial charge is 0.295 e. The van der Waals surface area contributed by atoms with E-state index in [1.165, 1.54) is 183 Å². The van der Waals surface area contributed by atoms with Crippen molar-refractivity contribution in [2.24, 2.45) is 0 Å². The largest absolute Gasteiger partial charge is 0.371 e. The van der Waals surface area contributed by atoms with Gasteiger partial charge in [0.15, 0.2) is 0 Å². The molecule has 1 N–H and O–H groups in total. The lowest BCUT2D eigenvalue weighted by Crippen LogP contribution is -2.26. The summed E-state index contributed by atoms with van der Waals surface area (Å²) in [5, 5.41) is 0. The highest BCUT2D eigenvalue weighted by atomic mass is 32.2.